The Kier molecular flexibility index (Phi) is 19.6. The molecule has 2 heteroatoms. The van der Waals surface area contributed by atoms with E-state index in [9.17, 15) is 4.79 Å². The molecule has 0 aromatic carbocycles. The SMILES string of the molecule is C/C=C(\C=C(/C)C=O)C(CC(C)(C)C)C(C)(C)C.CCC.CCCC(CC)C(C)(C)OC. The van der Waals surface area contributed by atoms with Crippen molar-refractivity contribution in [2.45, 2.75) is 135 Å². The molecule has 0 aromatic rings. The summed E-state index contributed by atoms with van der Waals surface area (Å²) in [6, 6.07) is 0. The van der Waals surface area contributed by atoms with Crippen LogP contribution in [-0.2, 0) is 9.53 Å². The molecule has 0 N–H and O–H groups in total. The molecule has 0 aliphatic rings. The van der Waals surface area contributed by atoms with Gasteiger partial charge >= 0.3 is 0 Å². The summed E-state index contributed by atoms with van der Waals surface area (Å²) >= 11 is 0. The van der Waals surface area contributed by atoms with E-state index in [4.69, 9.17) is 4.74 Å². The Bertz CT molecular complexity index is 524. The van der Waals surface area contributed by atoms with Crippen LogP contribution in [0, 0.1) is 22.7 Å². The van der Waals surface area contributed by atoms with E-state index < -0.39 is 0 Å². The Hall–Kier alpha value is -0.890. The van der Waals surface area contributed by atoms with Gasteiger partial charge in [0.15, 0.2) is 0 Å². The fraction of sp³-hybridized carbons (Fsp3) is 0.833. The Labute approximate surface area is 203 Å². The smallest absolute Gasteiger partial charge is 0.145 e. The van der Waals surface area contributed by atoms with Gasteiger partial charge in [-0.1, -0.05) is 101 Å². The van der Waals surface area contributed by atoms with Crippen LogP contribution < -0.4 is 0 Å². The van der Waals surface area contributed by atoms with Crippen molar-refractivity contribution in [1.29, 1.82) is 0 Å². The molecule has 2 nitrogen and oxygen atoms in total. The van der Waals surface area contributed by atoms with Crippen LogP contribution in [-0.4, -0.2) is 19.0 Å². The molecule has 0 bridgehead atoms. The van der Waals surface area contributed by atoms with Crippen LogP contribution in [0.5, 0.6) is 0 Å². The van der Waals surface area contributed by atoms with E-state index in [2.05, 4.69) is 96.1 Å². The molecule has 0 saturated carbocycles. The average molecular weight is 453 g/mol. The zero-order chi connectivity index (χ0) is 26.2. The molecule has 0 saturated heterocycles. The first kappa shape index (κ1) is 35.7. The number of ether oxygens (including phenoxy) is 1. The minimum absolute atomic E-state index is 0.0603. The van der Waals surface area contributed by atoms with E-state index in [0.717, 1.165) is 18.3 Å². The van der Waals surface area contributed by atoms with Crippen molar-refractivity contribution in [2.24, 2.45) is 22.7 Å². The first-order chi connectivity index (χ1) is 14.5. The van der Waals surface area contributed by atoms with Crippen molar-refractivity contribution < 1.29 is 9.53 Å². The number of allylic oxidation sites excluding steroid dienone is 4. The summed E-state index contributed by atoms with van der Waals surface area (Å²) in [5, 5.41) is 0. The van der Waals surface area contributed by atoms with Gasteiger partial charge in [-0.15, -0.1) is 0 Å². The fourth-order valence-corrected chi connectivity index (χ4v) is 3.78. The Balaban J connectivity index is -0.000000510. The van der Waals surface area contributed by atoms with Crippen LogP contribution in [0.1, 0.15) is 129 Å². The maximum Gasteiger partial charge on any atom is 0.145 e. The lowest BCUT2D eigenvalue weighted by Gasteiger charge is -2.36. The van der Waals surface area contributed by atoms with Gasteiger partial charge in [-0.3, -0.25) is 4.79 Å². The maximum absolute atomic E-state index is 10.8. The van der Waals surface area contributed by atoms with E-state index >= 15 is 0 Å². The van der Waals surface area contributed by atoms with Gasteiger partial charge in [-0.2, -0.15) is 0 Å². The summed E-state index contributed by atoms with van der Waals surface area (Å²) < 4.78 is 5.44. The second kappa shape index (κ2) is 17.6. The normalized spacial score (nSPS) is 15.1. The highest BCUT2D eigenvalue weighted by Gasteiger charge is 2.30. The molecule has 0 amide bonds. The second-order valence-corrected chi connectivity index (χ2v) is 11.9. The molecular weight excluding hydrogens is 392 g/mol. The van der Waals surface area contributed by atoms with Crippen molar-refractivity contribution in [1.82, 2.24) is 0 Å². The molecule has 32 heavy (non-hydrogen) atoms. The predicted molar refractivity (Wildman–Crippen MR) is 146 cm³/mol. The monoisotopic (exact) mass is 452 g/mol. The molecule has 0 aliphatic heterocycles. The molecule has 0 heterocycles. The van der Waals surface area contributed by atoms with Crippen LogP contribution >= 0.6 is 0 Å². The fourth-order valence-electron chi connectivity index (χ4n) is 3.78. The number of aldehydes is 1. The zero-order valence-electron chi connectivity index (χ0n) is 24.7. The van der Waals surface area contributed by atoms with Gasteiger partial charge in [0.25, 0.3) is 0 Å². The van der Waals surface area contributed by atoms with Crippen LogP contribution in [0.4, 0.5) is 0 Å². The highest BCUT2D eigenvalue weighted by Crippen LogP contribution is 2.41. The molecule has 0 aromatic heterocycles. The molecule has 0 spiro atoms. The van der Waals surface area contributed by atoms with E-state index in [0.29, 0.717) is 11.8 Å². The first-order valence-corrected chi connectivity index (χ1v) is 12.9. The number of carbonyl (C=O) groups is 1. The van der Waals surface area contributed by atoms with Gasteiger partial charge < -0.3 is 4.74 Å². The number of carbonyl (C=O) groups excluding carboxylic acids is 1. The predicted octanol–water partition coefficient (Wildman–Crippen LogP) is 9.83. The average Bonchev–Trinajstić information content (AvgIpc) is 2.67. The van der Waals surface area contributed by atoms with Crippen molar-refractivity contribution in [3.63, 3.8) is 0 Å². The molecular formula is C30H60O2. The molecule has 2 unspecified atom stereocenters. The molecule has 0 aliphatic carbocycles. The number of methoxy groups -OCH3 is 1. The Morgan fingerprint density at radius 2 is 1.41 bits per heavy atom. The van der Waals surface area contributed by atoms with Gasteiger partial charge in [-0.05, 0) is 74.3 Å². The third kappa shape index (κ3) is 17.6. The van der Waals surface area contributed by atoms with Crippen LogP contribution in [0.3, 0.4) is 0 Å². The van der Waals surface area contributed by atoms with Gasteiger partial charge in [0.2, 0.25) is 0 Å². The van der Waals surface area contributed by atoms with Gasteiger partial charge in [0, 0.05) is 7.11 Å². The summed E-state index contributed by atoms with van der Waals surface area (Å²) in [7, 11) is 1.80. The Morgan fingerprint density at radius 3 is 1.66 bits per heavy atom. The van der Waals surface area contributed by atoms with Crippen molar-refractivity contribution >= 4 is 6.29 Å². The largest absolute Gasteiger partial charge is 0.379 e. The van der Waals surface area contributed by atoms with Crippen molar-refractivity contribution in [2.75, 3.05) is 7.11 Å². The summed E-state index contributed by atoms with van der Waals surface area (Å²) in [4.78, 5) is 10.8. The summed E-state index contributed by atoms with van der Waals surface area (Å²) in [5.41, 5.74) is 2.63. The molecule has 2 atom stereocenters. The minimum atomic E-state index is 0.0603. The van der Waals surface area contributed by atoms with Gasteiger partial charge in [0.1, 0.15) is 6.29 Å². The molecule has 0 radical (unpaired) electrons. The number of hydrogen-bond acceptors (Lipinski definition) is 2. The summed E-state index contributed by atoms with van der Waals surface area (Å²) in [6.45, 7) is 30.6. The lowest BCUT2D eigenvalue weighted by Crippen LogP contribution is -2.32. The summed E-state index contributed by atoms with van der Waals surface area (Å²) in [5.74, 6) is 1.18. The third-order valence-electron chi connectivity index (χ3n) is 5.82. The second-order valence-electron chi connectivity index (χ2n) is 11.9. The topological polar surface area (TPSA) is 26.3 Å². The lowest BCUT2D eigenvalue weighted by molar-refractivity contribution is -0.104. The maximum atomic E-state index is 10.8. The minimum Gasteiger partial charge on any atom is -0.379 e. The molecule has 0 rings (SSSR count). The van der Waals surface area contributed by atoms with Crippen LogP contribution in [0.2, 0.25) is 0 Å². The van der Waals surface area contributed by atoms with Crippen molar-refractivity contribution in [3.05, 3.63) is 23.3 Å². The Morgan fingerprint density at radius 1 is 0.938 bits per heavy atom. The van der Waals surface area contributed by atoms with E-state index in [-0.39, 0.29) is 16.4 Å². The molecule has 192 valence electrons. The first-order valence-electron chi connectivity index (χ1n) is 12.9. The van der Waals surface area contributed by atoms with Crippen LogP contribution in [0.15, 0.2) is 23.3 Å². The van der Waals surface area contributed by atoms with Gasteiger partial charge in [-0.25, -0.2) is 0 Å². The summed E-state index contributed by atoms with van der Waals surface area (Å²) in [6.07, 6.45) is 11.2. The van der Waals surface area contributed by atoms with E-state index in [1.165, 1.54) is 31.3 Å². The third-order valence-corrected chi connectivity index (χ3v) is 5.82. The highest BCUT2D eigenvalue weighted by molar-refractivity contribution is 5.73. The van der Waals surface area contributed by atoms with E-state index in [1.54, 1.807) is 7.11 Å². The highest BCUT2D eigenvalue weighted by atomic mass is 16.5. The number of hydrogen-bond donors (Lipinski definition) is 0. The van der Waals surface area contributed by atoms with Crippen LogP contribution in [0.25, 0.3) is 0 Å². The van der Waals surface area contributed by atoms with E-state index in [1.807, 2.05) is 13.0 Å². The standard InChI is InChI=1S/C17H30O.C10H22O.C3H8/c1-9-14(10-13(2)12-18)15(17(6,7)8)11-16(3,4)5;1-6-8-9(7-2)10(3,4)11-5;1-3-2/h9-10,12,15H,11H2,1-8H3;9H,6-8H2,1-5H3;3H2,1-2H3/b13-10+,14-9+;;. The quantitative estimate of drug-likeness (QED) is 0.198. The lowest BCUT2D eigenvalue weighted by atomic mass is 9.68. The zero-order valence-corrected chi connectivity index (χ0v) is 24.7. The number of rotatable bonds is 9. The van der Waals surface area contributed by atoms with Crippen molar-refractivity contribution in [3.8, 4) is 0 Å². The van der Waals surface area contributed by atoms with Gasteiger partial charge in [0.05, 0.1) is 5.60 Å². The molecule has 0 fully saturated rings.